The lowest BCUT2D eigenvalue weighted by Crippen LogP contribution is -2.37. The maximum absolute atomic E-state index is 15.5. The van der Waals surface area contributed by atoms with Crippen LogP contribution >= 0.6 is 0 Å². The summed E-state index contributed by atoms with van der Waals surface area (Å²) < 4.78 is 17.2. The van der Waals surface area contributed by atoms with Gasteiger partial charge >= 0.3 is 0 Å². The number of rotatable bonds is 7. The van der Waals surface area contributed by atoms with Crippen LogP contribution in [0.25, 0.3) is 11.0 Å². The molecule has 0 atom stereocenters. The number of pyridine rings is 1. The van der Waals surface area contributed by atoms with Crippen LogP contribution in [-0.4, -0.2) is 51.5 Å². The zero-order valence-corrected chi connectivity index (χ0v) is 19.0. The third-order valence-electron chi connectivity index (χ3n) is 6.15. The number of amides is 1. The molecule has 2 N–H and O–H groups in total. The number of carbonyl (C=O) groups is 1. The van der Waals surface area contributed by atoms with Gasteiger partial charge in [0.15, 0.2) is 5.82 Å². The normalized spacial score (nSPS) is 14.6. The van der Waals surface area contributed by atoms with Gasteiger partial charge in [0.05, 0.1) is 23.1 Å². The van der Waals surface area contributed by atoms with Gasteiger partial charge in [-0.25, -0.2) is 14.4 Å². The molecule has 0 unspecified atom stereocenters. The van der Waals surface area contributed by atoms with Crippen molar-refractivity contribution in [3.63, 3.8) is 0 Å². The third-order valence-corrected chi connectivity index (χ3v) is 6.15. The van der Waals surface area contributed by atoms with Crippen LogP contribution in [0.3, 0.4) is 0 Å². The molecule has 32 heavy (non-hydrogen) atoms. The Morgan fingerprint density at radius 1 is 1.19 bits per heavy atom. The quantitative estimate of drug-likeness (QED) is 0.585. The number of fused-ring (bicyclic) bond motifs is 1. The minimum atomic E-state index is -0.551. The second-order valence-electron chi connectivity index (χ2n) is 8.48. The van der Waals surface area contributed by atoms with Crippen molar-refractivity contribution in [2.24, 2.45) is 7.05 Å². The van der Waals surface area contributed by atoms with E-state index in [1.54, 1.807) is 30.2 Å². The molecule has 8 heteroatoms. The Morgan fingerprint density at radius 3 is 2.69 bits per heavy atom. The number of benzene rings is 1. The van der Waals surface area contributed by atoms with Crippen molar-refractivity contribution in [1.29, 1.82) is 0 Å². The smallest absolute Gasteiger partial charge is 0.253 e. The van der Waals surface area contributed by atoms with Crippen LogP contribution in [0.5, 0.6) is 0 Å². The molecule has 0 saturated carbocycles. The van der Waals surface area contributed by atoms with E-state index in [9.17, 15) is 4.79 Å². The fourth-order valence-corrected chi connectivity index (χ4v) is 4.21. The van der Waals surface area contributed by atoms with Gasteiger partial charge in [-0.1, -0.05) is 19.4 Å². The van der Waals surface area contributed by atoms with Gasteiger partial charge in [0.25, 0.3) is 5.91 Å². The number of halogens is 1. The maximum atomic E-state index is 15.5. The van der Waals surface area contributed by atoms with Crippen molar-refractivity contribution in [2.75, 3.05) is 31.5 Å². The molecule has 0 aliphatic carbocycles. The summed E-state index contributed by atoms with van der Waals surface area (Å²) in [6, 6.07) is 3.71. The monoisotopic (exact) mass is 438 g/mol. The molecule has 4 rings (SSSR count). The van der Waals surface area contributed by atoms with Gasteiger partial charge in [0.2, 0.25) is 0 Å². The van der Waals surface area contributed by atoms with E-state index in [0.717, 1.165) is 37.2 Å². The lowest BCUT2D eigenvalue weighted by atomic mass is 10.1. The predicted octanol–water partition coefficient (Wildman–Crippen LogP) is 3.94. The number of hydrogen-bond acceptors (Lipinski definition) is 5. The van der Waals surface area contributed by atoms with Gasteiger partial charge < -0.3 is 20.1 Å². The summed E-state index contributed by atoms with van der Waals surface area (Å²) in [6.07, 6.45) is 7.86. The zero-order chi connectivity index (χ0) is 22.7. The first-order chi connectivity index (χ1) is 15.5. The highest BCUT2D eigenvalue weighted by molar-refractivity contribution is 6.04. The number of nitrogens with zero attached hydrogens (tertiary/aromatic N) is 4. The molecule has 3 heterocycles. The number of nitrogens with one attached hydrogen (secondary N) is 2. The van der Waals surface area contributed by atoms with Gasteiger partial charge in [-0.05, 0) is 56.5 Å². The highest BCUT2D eigenvalue weighted by atomic mass is 19.1. The van der Waals surface area contributed by atoms with Crippen LogP contribution in [0.4, 0.5) is 15.9 Å². The fourth-order valence-electron chi connectivity index (χ4n) is 4.21. The number of hydrogen-bond donors (Lipinski definition) is 2. The number of anilines is 2. The first-order valence-electron chi connectivity index (χ1n) is 11.3. The van der Waals surface area contributed by atoms with Crippen molar-refractivity contribution in [2.45, 2.75) is 39.5 Å². The SMILES string of the molecule is CCc1cnc(Nc2c(C(=O)NCCN3CCCCC3)cc3c(ncn3C)c2F)c(C)c1. The maximum Gasteiger partial charge on any atom is 0.253 e. The van der Waals surface area contributed by atoms with Crippen LogP contribution in [0.1, 0.15) is 47.7 Å². The molecule has 1 amide bonds. The molecule has 1 fully saturated rings. The second-order valence-corrected chi connectivity index (χ2v) is 8.48. The molecule has 170 valence electrons. The standard InChI is InChI=1S/C24H31FN6O/c1-4-17-12-16(2)23(27-14-17)29-21-18(13-19-22(20(21)25)28-15-30(19)3)24(32)26-8-11-31-9-6-5-7-10-31/h12-15H,4-11H2,1-3H3,(H,26,32)(H,27,29). The summed E-state index contributed by atoms with van der Waals surface area (Å²) in [7, 11) is 1.79. The Kier molecular flexibility index (Phi) is 6.69. The summed E-state index contributed by atoms with van der Waals surface area (Å²) in [4.78, 5) is 24.1. The van der Waals surface area contributed by atoms with Crippen LogP contribution in [0, 0.1) is 12.7 Å². The molecule has 0 bridgehead atoms. The predicted molar refractivity (Wildman–Crippen MR) is 125 cm³/mol. The van der Waals surface area contributed by atoms with Crippen molar-refractivity contribution in [1.82, 2.24) is 24.8 Å². The number of piperidine rings is 1. The fraction of sp³-hybridized carbons (Fsp3) is 0.458. The van der Waals surface area contributed by atoms with Gasteiger partial charge in [0.1, 0.15) is 11.3 Å². The zero-order valence-electron chi connectivity index (χ0n) is 19.0. The summed E-state index contributed by atoms with van der Waals surface area (Å²) in [5.41, 5.74) is 3.14. The molecule has 3 aromatic rings. The van der Waals surface area contributed by atoms with E-state index in [2.05, 4.69) is 32.4 Å². The molecule has 2 aromatic heterocycles. The van der Waals surface area contributed by atoms with Crippen LogP contribution < -0.4 is 10.6 Å². The Bertz CT molecular complexity index is 1120. The Balaban J connectivity index is 1.62. The van der Waals surface area contributed by atoms with Gasteiger partial charge in [-0.15, -0.1) is 0 Å². The van der Waals surface area contributed by atoms with Gasteiger partial charge in [-0.3, -0.25) is 4.79 Å². The summed E-state index contributed by atoms with van der Waals surface area (Å²) in [5.74, 6) is -0.335. The van der Waals surface area contributed by atoms with Crippen molar-refractivity contribution in [3.8, 4) is 0 Å². The first-order valence-corrected chi connectivity index (χ1v) is 11.3. The topological polar surface area (TPSA) is 75.1 Å². The van der Waals surface area contributed by atoms with E-state index in [1.165, 1.54) is 19.3 Å². The average molecular weight is 439 g/mol. The summed E-state index contributed by atoms with van der Waals surface area (Å²) in [6.45, 7) is 7.43. The van der Waals surface area contributed by atoms with Gasteiger partial charge in [0, 0.05) is 26.3 Å². The second kappa shape index (κ2) is 9.65. The number of aryl methyl sites for hydroxylation is 3. The molecule has 0 spiro atoms. The molecular formula is C24H31FN6O. The van der Waals surface area contributed by atoms with E-state index in [1.807, 2.05) is 13.0 Å². The molecule has 7 nitrogen and oxygen atoms in total. The Morgan fingerprint density at radius 2 is 1.97 bits per heavy atom. The molecular weight excluding hydrogens is 407 g/mol. The molecule has 0 radical (unpaired) electrons. The van der Waals surface area contributed by atoms with Crippen LogP contribution in [0.15, 0.2) is 24.7 Å². The van der Waals surface area contributed by atoms with E-state index in [0.29, 0.717) is 17.9 Å². The largest absolute Gasteiger partial charge is 0.351 e. The molecule has 1 aliphatic heterocycles. The molecule has 1 aromatic carbocycles. The molecule has 1 aliphatic rings. The van der Waals surface area contributed by atoms with Crippen molar-refractivity contribution in [3.05, 3.63) is 47.2 Å². The first kappa shape index (κ1) is 22.2. The number of likely N-dealkylation sites (tertiary alicyclic amines) is 1. The number of carbonyl (C=O) groups excluding carboxylic acids is 1. The minimum Gasteiger partial charge on any atom is -0.351 e. The highest BCUT2D eigenvalue weighted by Gasteiger charge is 2.22. The lowest BCUT2D eigenvalue weighted by Gasteiger charge is -2.26. The van der Waals surface area contributed by atoms with Crippen molar-refractivity contribution >= 4 is 28.4 Å². The molecule has 1 saturated heterocycles. The summed E-state index contributed by atoms with van der Waals surface area (Å²) in [5, 5.41) is 6.05. The number of imidazole rings is 1. The van der Waals surface area contributed by atoms with E-state index < -0.39 is 5.82 Å². The Labute approximate surface area is 188 Å². The van der Waals surface area contributed by atoms with E-state index in [-0.39, 0.29) is 22.7 Å². The lowest BCUT2D eigenvalue weighted by molar-refractivity contribution is 0.0947. The Hall–Kier alpha value is -3.00. The highest BCUT2D eigenvalue weighted by Crippen LogP contribution is 2.31. The minimum absolute atomic E-state index is 0.103. The average Bonchev–Trinajstić information content (AvgIpc) is 3.18. The van der Waals surface area contributed by atoms with Crippen LogP contribution in [0.2, 0.25) is 0 Å². The van der Waals surface area contributed by atoms with Gasteiger partial charge in [-0.2, -0.15) is 0 Å². The number of aromatic nitrogens is 3. The third kappa shape index (κ3) is 4.60. The van der Waals surface area contributed by atoms with Crippen molar-refractivity contribution < 1.29 is 9.18 Å². The van der Waals surface area contributed by atoms with Crippen LogP contribution in [-0.2, 0) is 13.5 Å². The van der Waals surface area contributed by atoms with E-state index >= 15 is 4.39 Å². The van der Waals surface area contributed by atoms with E-state index in [4.69, 9.17) is 0 Å². The summed E-state index contributed by atoms with van der Waals surface area (Å²) >= 11 is 0.